The predicted octanol–water partition coefficient (Wildman–Crippen LogP) is 1.60. The number of anilines is 1. The van der Waals surface area contributed by atoms with Gasteiger partial charge in [0.25, 0.3) is 0 Å². The lowest BCUT2D eigenvalue weighted by Crippen LogP contribution is -2.22. The van der Waals surface area contributed by atoms with Crippen LogP contribution in [-0.2, 0) is 10.0 Å². The molecule has 2 aromatic rings. The van der Waals surface area contributed by atoms with Gasteiger partial charge in [0.05, 0.1) is 23.3 Å². The highest BCUT2D eigenvalue weighted by molar-refractivity contribution is 7.89. The van der Waals surface area contributed by atoms with Gasteiger partial charge in [0.2, 0.25) is 10.0 Å². The van der Waals surface area contributed by atoms with Crippen molar-refractivity contribution >= 4 is 21.8 Å². The molecule has 0 aliphatic rings. The number of nitrogens with zero attached hydrogens (tertiary/aromatic N) is 3. The standard InChI is InChI=1S/C15H18N4O4S/c1-10(18-14-9-16-13(8-17-14)15(20)21)11-5-4-6-12(7-11)24(22,23)19(2)3/h4-10H,1-3H3,(H,17,18)(H,20,21). The van der Waals surface area contributed by atoms with Gasteiger partial charge < -0.3 is 10.4 Å². The van der Waals surface area contributed by atoms with Crippen LogP contribution in [0.1, 0.15) is 29.0 Å². The molecule has 2 rings (SSSR count). The maximum atomic E-state index is 12.2. The average Bonchev–Trinajstić information content (AvgIpc) is 2.55. The molecule has 2 N–H and O–H groups in total. The molecule has 0 radical (unpaired) electrons. The fraction of sp³-hybridized carbons (Fsp3) is 0.267. The van der Waals surface area contributed by atoms with Crippen molar-refractivity contribution in [2.75, 3.05) is 19.4 Å². The molecule has 1 unspecified atom stereocenters. The van der Waals surface area contributed by atoms with E-state index in [4.69, 9.17) is 5.11 Å². The summed E-state index contributed by atoms with van der Waals surface area (Å²) in [5, 5.41) is 11.9. The molecule has 24 heavy (non-hydrogen) atoms. The number of benzene rings is 1. The molecule has 0 saturated carbocycles. The van der Waals surface area contributed by atoms with Crippen LogP contribution in [0.15, 0.2) is 41.6 Å². The number of carboxylic acid groups (broad SMARTS) is 1. The van der Waals surface area contributed by atoms with Gasteiger partial charge in [0, 0.05) is 14.1 Å². The zero-order valence-electron chi connectivity index (χ0n) is 13.5. The van der Waals surface area contributed by atoms with E-state index >= 15 is 0 Å². The van der Waals surface area contributed by atoms with Crippen LogP contribution in [0.25, 0.3) is 0 Å². The lowest BCUT2D eigenvalue weighted by atomic mass is 10.1. The van der Waals surface area contributed by atoms with E-state index in [0.717, 1.165) is 16.1 Å². The molecule has 1 atom stereocenters. The van der Waals surface area contributed by atoms with Gasteiger partial charge in [0.15, 0.2) is 5.69 Å². The molecule has 128 valence electrons. The zero-order chi connectivity index (χ0) is 17.9. The number of hydrogen-bond donors (Lipinski definition) is 2. The largest absolute Gasteiger partial charge is 0.476 e. The van der Waals surface area contributed by atoms with Crippen LogP contribution in [-0.4, -0.2) is 47.9 Å². The van der Waals surface area contributed by atoms with Gasteiger partial charge in [-0.2, -0.15) is 0 Å². The zero-order valence-corrected chi connectivity index (χ0v) is 14.3. The van der Waals surface area contributed by atoms with Gasteiger partial charge in [-0.15, -0.1) is 0 Å². The number of aromatic nitrogens is 2. The summed E-state index contributed by atoms with van der Waals surface area (Å²) in [5.41, 5.74) is 0.606. The highest BCUT2D eigenvalue weighted by atomic mass is 32.2. The topological polar surface area (TPSA) is 112 Å². The molecule has 9 heteroatoms. The second-order valence-electron chi connectivity index (χ2n) is 5.32. The molecule has 8 nitrogen and oxygen atoms in total. The first kappa shape index (κ1) is 17.8. The summed E-state index contributed by atoms with van der Waals surface area (Å²) in [4.78, 5) is 18.7. The molecule has 0 amide bonds. The van der Waals surface area contributed by atoms with Gasteiger partial charge in [0.1, 0.15) is 5.82 Å². The van der Waals surface area contributed by atoms with Crippen molar-refractivity contribution in [2.24, 2.45) is 0 Å². The number of rotatable bonds is 6. The van der Waals surface area contributed by atoms with Crippen LogP contribution < -0.4 is 5.32 Å². The van der Waals surface area contributed by atoms with E-state index in [9.17, 15) is 13.2 Å². The number of aromatic carboxylic acids is 1. The first-order chi connectivity index (χ1) is 11.2. The summed E-state index contributed by atoms with van der Waals surface area (Å²) in [6.07, 6.45) is 2.48. The van der Waals surface area contributed by atoms with Crippen molar-refractivity contribution in [3.63, 3.8) is 0 Å². The molecule has 0 bridgehead atoms. The van der Waals surface area contributed by atoms with E-state index in [2.05, 4.69) is 15.3 Å². The predicted molar refractivity (Wildman–Crippen MR) is 88.3 cm³/mol. The highest BCUT2D eigenvalue weighted by Gasteiger charge is 2.18. The van der Waals surface area contributed by atoms with Crippen molar-refractivity contribution in [3.05, 3.63) is 47.9 Å². The number of nitrogens with one attached hydrogen (secondary N) is 1. The lowest BCUT2D eigenvalue weighted by molar-refractivity contribution is 0.0690. The minimum atomic E-state index is -3.51. The Labute approximate surface area is 140 Å². The summed E-state index contributed by atoms with van der Waals surface area (Å²) in [6.45, 7) is 1.84. The summed E-state index contributed by atoms with van der Waals surface area (Å²) in [7, 11) is -0.558. The second-order valence-corrected chi connectivity index (χ2v) is 7.47. The normalized spacial score (nSPS) is 12.8. The van der Waals surface area contributed by atoms with Crippen LogP contribution in [0.3, 0.4) is 0 Å². The van der Waals surface area contributed by atoms with E-state index in [-0.39, 0.29) is 16.6 Å². The Balaban J connectivity index is 2.21. The van der Waals surface area contributed by atoms with Crippen molar-refractivity contribution < 1.29 is 18.3 Å². The Hall–Kier alpha value is -2.52. The third-order valence-corrected chi connectivity index (χ3v) is 5.18. The first-order valence-corrected chi connectivity index (χ1v) is 8.50. The summed E-state index contributed by atoms with van der Waals surface area (Å²) in [5.74, 6) is -0.753. The average molecular weight is 350 g/mol. The van der Waals surface area contributed by atoms with Crippen LogP contribution in [0.4, 0.5) is 5.82 Å². The van der Waals surface area contributed by atoms with E-state index in [1.807, 2.05) is 6.92 Å². The number of hydrogen-bond acceptors (Lipinski definition) is 6. The monoisotopic (exact) mass is 350 g/mol. The van der Waals surface area contributed by atoms with E-state index < -0.39 is 16.0 Å². The van der Waals surface area contributed by atoms with Gasteiger partial charge in [-0.25, -0.2) is 27.5 Å². The third kappa shape index (κ3) is 3.87. The Morgan fingerprint density at radius 3 is 2.50 bits per heavy atom. The van der Waals surface area contributed by atoms with Crippen molar-refractivity contribution in [3.8, 4) is 0 Å². The SMILES string of the molecule is CC(Nc1cnc(C(=O)O)cn1)c1cccc(S(=O)(=O)N(C)C)c1. The van der Waals surface area contributed by atoms with Gasteiger partial charge in [-0.05, 0) is 24.6 Å². The number of carbonyl (C=O) groups is 1. The summed E-state index contributed by atoms with van der Waals surface area (Å²) < 4.78 is 25.5. The molecule has 0 spiro atoms. The van der Waals surface area contributed by atoms with Crippen molar-refractivity contribution in [1.82, 2.24) is 14.3 Å². The molecule has 0 aliphatic heterocycles. The Kier molecular flexibility index (Phi) is 5.15. The minimum Gasteiger partial charge on any atom is -0.476 e. The number of carboxylic acids is 1. The summed E-state index contributed by atoms with van der Waals surface area (Å²) >= 11 is 0. The maximum absolute atomic E-state index is 12.2. The van der Waals surface area contributed by atoms with E-state index in [0.29, 0.717) is 5.82 Å². The van der Waals surface area contributed by atoms with Gasteiger partial charge in [-0.1, -0.05) is 12.1 Å². The molecule has 0 fully saturated rings. The van der Waals surface area contributed by atoms with Crippen molar-refractivity contribution in [2.45, 2.75) is 17.9 Å². The van der Waals surface area contributed by atoms with Crippen LogP contribution in [0.2, 0.25) is 0 Å². The second kappa shape index (κ2) is 6.93. The fourth-order valence-electron chi connectivity index (χ4n) is 1.97. The molecular formula is C15H18N4O4S. The molecule has 1 heterocycles. The van der Waals surface area contributed by atoms with Crippen LogP contribution in [0, 0.1) is 0 Å². The smallest absolute Gasteiger partial charge is 0.356 e. The highest BCUT2D eigenvalue weighted by Crippen LogP contribution is 2.21. The van der Waals surface area contributed by atoms with E-state index in [1.54, 1.807) is 18.2 Å². The minimum absolute atomic E-state index is 0.146. The molecule has 1 aromatic carbocycles. The van der Waals surface area contributed by atoms with Crippen LogP contribution >= 0.6 is 0 Å². The Morgan fingerprint density at radius 1 is 1.25 bits per heavy atom. The molecule has 0 saturated heterocycles. The maximum Gasteiger partial charge on any atom is 0.356 e. The van der Waals surface area contributed by atoms with Gasteiger partial charge in [-0.3, -0.25) is 0 Å². The lowest BCUT2D eigenvalue weighted by Gasteiger charge is -2.17. The summed E-state index contributed by atoms with van der Waals surface area (Å²) in [6, 6.07) is 6.35. The molecule has 1 aromatic heterocycles. The Morgan fingerprint density at radius 2 is 1.96 bits per heavy atom. The third-order valence-electron chi connectivity index (χ3n) is 3.37. The van der Waals surface area contributed by atoms with E-state index in [1.165, 1.54) is 26.4 Å². The Bertz CT molecular complexity index is 835. The molecular weight excluding hydrogens is 332 g/mol. The fourth-order valence-corrected chi connectivity index (χ4v) is 2.93. The first-order valence-electron chi connectivity index (χ1n) is 7.06. The number of sulfonamides is 1. The molecule has 0 aliphatic carbocycles. The van der Waals surface area contributed by atoms with Crippen molar-refractivity contribution in [1.29, 1.82) is 0 Å². The van der Waals surface area contributed by atoms with Gasteiger partial charge >= 0.3 is 5.97 Å². The van der Waals surface area contributed by atoms with Crippen LogP contribution in [0.5, 0.6) is 0 Å². The quantitative estimate of drug-likeness (QED) is 0.813.